The van der Waals surface area contributed by atoms with Crippen molar-refractivity contribution in [2.24, 2.45) is 5.41 Å². The van der Waals surface area contributed by atoms with Gasteiger partial charge in [-0.3, -0.25) is 9.59 Å². The van der Waals surface area contributed by atoms with Gasteiger partial charge in [-0.15, -0.1) is 0 Å². The van der Waals surface area contributed by atoms with E-state index in [1.165, 1.54) is 0 Å². The van der Waals surface area contributed by atoms with Crippen LogP contribution in [0, 0.1) is 5.41 Å². The molecule has 1 aliphatic carbocycles. The van der Waals surface area contributed by atoms with E-state index in [0.717, 1.165) is 12.8 Å². The van der Waals surface area contributed by atoms with Crippen molar-refractivity contribution in [1.29, 1.82) is 0 Å². The summed E-state index contributed by atoms with van der Waals surface area (Å²) in [7, 11) is 0. The number of hydrogen-bond donors (Lipinski definition) is 2. The van der Waals surface area contributed by atoms with Crippen LogP contribution in [0.2, 0.25) is 0 Å². The summed E-state index contributed by atoms with van der Waals surface area (Å²) in [4.78, 5) is 22.0. The molecule has 0 spiro atoms. The molecule has 2 N–H and O–H groups in total. The number of carbonyl (C=O) groups excluding carboxylic acids is 1. The number of carboxylic acid groups (broad SMARTS) is 1. The van der Waals surface area contributed by atoms with E-state index in [1.54, 1.807) is 0 Å². The zero-order valence-corrected chi connectivity index (χ0v) is 7.38. The van der Waals surface area contributed by atoms with Crippen LogP contribution < -0.4 is 5.32 Å². The fourth-order valence-electron chi connectivity index (χ4n) is 2.07. The first kappa shape index (κ1) is 8.53. The van der Waals surface area contributed by atoms with Crippen molar-refractivity contribution in [3.63, 3.8) is 0 Å². The Bertz CT molecular complexity index is 258. The highest BCUT2D eigenvalue weighted by molar-refractivity contribution is 5.82. The van der Waals surface area contributed by atoms with Crippen LogP contribution in [0.4, 0.5) is 0 Å². The molecule has 1 amide bonds. The van der Waals surface area contributed by atoms with Crippen molar-refractivity contribution in [3.05, 3.63) is 0 Å². The summed E-state index contributed by atoms with van der Waals surface area (Å²) in [5.41, 5.74) is -0.615. The highest BCUT2D eigenvalue weighted by Gasteiger charge is 2.56. The summed E-state index contributed by atoms with van der Waals surface area (Å²) in [6, 6.07) is -0.119. The molecule has 1 saturated carbocycles. The van der Waals surface area contributed by atoms with Crippen LogP contribution >= 0.6 is 0 Å². The van der Waals surface area contributed by atoms with Gasteiger partial charge in [-0.1, -0.05) is 0 Å². The van der Waals surface area contributed by atoms with E-state index in [9.17, 15) is 9.59 Å². The van der Waals surface area contributed by atoms with Crippen LogP contribution in [0.15, 0.2) is 0 Å². The molecule has 1 saturated heterocycles. The molecule has 0 aromatic heterocycles. The number of hydrogen-bond acceptors (Lipinski definition) is 2. The quantitative estimate of drug-likeness (QED) is 0.655. The molecular weight excluding hydrogens is 170 g/mol. The van der Waals surface area contributed by atoms with Crippen molar-refractivity contribution in [2.45, 2.75) is 38.1 Å². The molecule has 72 valence electrons. The first-order valence-corrected chi connectivity index (χ1v) is 4.68. The fraction of sp³-hybridized carbons (Fsp3) is 0.778. The third kappa shape index (κ3) is 1.30. The zero-order valence-electron chi connectivity index (χ0n) is 7.38. The predicted octanol–water partition coefficient (Wildman–Crippen LogP) is 0.520. The second kappa shape index (κ2) is 2.72. The second-order valence-corrected chi connectivity index (χ2v) is 3.97. The van der Waals surface area contributed by atoms with Crippen molar-refractivity contribution in [2.75, 3.05) is 0 Å². The van der Waals surface area contributed by atoms with Gasteiger partial charge in [-0.2, -0.15) is 0 Å². The number of aliphatic carboxylic acids is 1. The minimum atomic E-state index is -0.750. The standard InChI is InChI=1S/C9H13NO3/c11-7-3-1-2-6(10-7)9(4-5-9)8(12)13/h6H,1-5H2,(H,10,11)(H,12,13). The lowest BCUT2D eigenvalue weighted by molar-refractivity contribution is -0.145. The van der Waals surface area contributed by atoms with E-state index in [1.807, 2.05) is 0 Å². The molecule has 1 atom stereocenters. The molecule has 1 unspecified atom stereocenters. The molecule has 1 aliphatic heterocycles. The molecule has 0 bridgehead atoms. The van der Waals surface area contributed by atoms with E-state index in [4.69, 9.17) is 5.11 Å². The Morgan fingerprint density at radius 3 is 2.69 bits per heavy atom. The van der Waals surface area contributed by atoms with Crippen LogP contribution in [0.25, 0.3) is 0 Å². The maximum absolute atomic E-state index is 11.1. The Balaban J connectivity index is 2.07. The van der Waals surface area contributed by atoms with Gasteiger partial charge in [-0.05, 0) is 25.7 Å². The van der Waals surface area contributed by atoms with Crippen LogP contribution in [-0.4, -0.2) is 23.0 Å². The van der Waals surface area contributed by atoms with Gasteiger partial charge in [0.1, 0.15) is 0 Å². The number of carbonyl (C=O) groups is 2. The van der Waals surface area contributed by atoms with Gasteiger partial charge in [0, 0.05) is 12.5 Å². The average Bonchev–Trinajstić information content (AvgIpc) is 2.83. The first-order valence-electron chi connectivity index (χ1n) is 4.68. The smallest absolute Gasteiger partial charge is 0.311 e. The van der Waals surface area contributed by atoms with Gasteiger partial charge in [0.2, 0.25) is 5.91 Å². The van der Waals surface area contributed by atoms with Gasteiger partial charge in [0.25, 0.3) is 0 Å². The molecular formula is C9H13NO3. The van der Waals surface area contributed by atoms with Gasteiger partial charge in [0.15, 0.2) is 0 Å². The van der Waals surface area contributed by atoms with Crippen molar-refractivity contribution >= 4 is 11.9 Å². The molecule has 0 aromatic rings. The molecule has 13 heavy (non-hydrogen) atoms. The Morgan fingerprint density at radius 2 is 2.23 bits per heavy atom. The minimum absolute atomic E-state index is 0.00350. The Morgan fingerprint density at radius 1 is 1.54 bits per heavy atom. The molecule has 1 heterocycles. The Labute approximate surface area is 76.3 Å². The van der Waals surface area contributed by atoms with Crippen LogP contribution in [0.1, 0.15) is 32.1 Å². The first-order chi connectivity index (χ1) is 6.15. The third-order valence-corrected chi connectivity index (χ3v) is 3.11. The largest absolute Gasteiger partial charge is 0.481 e. The summed E-state index contributed by atoms with van der Waals surface area (Å²) in [5, 5.41) is 11.8. The molecule has 0 radical (unpaired) electrons. The van der Waals surface area contributed by atoms with Crippen LogP contribution in [0.3, 0.4) is 0 Å². The van der Waals surface area contributed by atoms with Crippen LogP contribution in [0.5, 0.6) is 0 Å². The second-order valence-electron chi connectivity index (χ2n) is 3.97. The van der Waals surface area contributed by atoms with Crippen molar-refractivity contribution in [3.8, 4) is 0 Å². The number of amides is 1. The molecule has 4 nitrogen and oxygen atoms in total. The molecule has 2 rings (SSSR count). The van der Waals surface area contributed by atoms with Gasteiger partial charge in [0.05, 0.1) is 5.41 Å². The highest BCUT2D eigenvalue weighted by atomic mass is 16.4. The van der Waals surface area contributed by atoms with Gasteiger partial charge in [-0.25, -0.2) is 0 Å². The lowest BCUT2D eigenvalue weighted by Crippen LogP contribution is -2.47. The lowest BCUT2D eigenvalue weighted by atomic mass is 9.89. The fourth-order valence-corrected chi connectivity index (χ4v) is 2.07. The van der Waals surface area contributed by atoms with Crippen molar-refractivity contribution in [1.82, 2.24) is 5.32 Å². The SMILES string of the molecule is O=C1CCCC(C2(C(=O)O)CC2)N1. The number of rotatable bonds is 2. The molecule has 0 aromatic carbocycles. The topological polar surface area (TPSA) is 66.4 Å². The maximum Gasteiger partial charge on any atom is 0.311 e. The van der Waals surface area contributed by atoms with Crippen molar-refractivity contribution < 1.29 is 14.7 Å². The number of piperidine rings is 1. The van der Waals surface area contributed by atoms with E-state index < -0.39 is 11.4 Å². The highest BCUT2D eigenvalue weighted by Crippen LogP contribution is 2.50. The maximum atomic E-state index is 11.1. The summed E-state index contributed by atoms with van der Waals surface area (Å²) < 4.78 is 0. The lowest BCUT2D eigenvalue weighted by Gasteiger charge is -2.28. The van der Waals surface area contributed by atoms with E-state index in [-0.39, 0.29) is 11.9 Å². The van der Waals surface area contributed by atoms with E-state index in [0.29, 0.717) is 19.3 Å². The summed E-state index contributed by atoms with van der Waals surface area (Å²) in [6.45, 7) is 0. The number of carboxylic acids is 1. The molecule has 4 heteroatoms. The Hall–Kier alpha value is -1.06. The van der Waals surface area contributed by atoms with Crippen LogP contribution in [-0.2, 0) is 9.59 Å². The average molecular weight is 183 g/mol. The molecule has 2 aliphatic rings. The monoisotopic (exact) mass is 183 g/mol. The number of nitrogens with one attached hydrogen (secondary N) is 1. The normalized spacial score (nSPS) is 30.8. The summed E-state index contributed by atoms with van der Waals surface area (Å²) >= 11 is 0. The summed E-state index contributed by atoms with van der Waals surface area (Å²) in [5.74, 6) is -0.747. The predicted molar refractivity (Wildman–Crippen MR) is 45.1 cm³/mol. The zero-order chi connectivity index (χ0) is 9.47. The van der Waals surface area contributed by atoms with Gasteiger partial charge >= 0.3 is 5.97 Å². The van der Waals surface area contributed by atoms with Gasteiger partial charge < -0.3 is 10.4 Å². The van der Waals surface area contributed by atoms with E-state index >= 15 is 0 Å². The Kier molecular flexibility index (Phi) is 1.78. The molecule has 2 fully saturated rings. The third-order valence-electron chi connectivity index (χ3n) is 3.11. The summed E-state index contributed by atoms with van der Waals surface area (Å²) in [6.07, 6.45) is 3.62. The van der Waals surface area contributed by atoms with E-state index in [2.05, 4.69) is 5.32 Å². The minimum Gasteiger partial charge on any atom is -0.481 e.